The molecule has 0 N–H and O–H groups in total. The van der Waals surface area contributed by atoms with Crippen LogP contribution in [0.1, 0.15) is 50.7 Å². The van der Waals surface area contributed by atoms with Crippen molar-refractivity contribution in [2.24, 2.45) is 11.3 Å². The topological polar surface area (TPSA) is 63.7 Å². The molecule has 1 aromatic carbocycles. The number of para-hydroxylation sites is 1. The van der Waals surface area contributed by atoms with Crippen molar-refractivity contribution in [2.45, 2.75) is 39.5 Å². The molecule has 142 valence electrons. The maximum atomic E-state index is 13.5. The Morgan fingerprint density at radius 3 is 2.19 bits per heavy atom. The van der Waals surface area contributed by atoms with Gasteiger partial charge < -0.3 is 4.74 Å². The second kappa shape index (κ2) is 6.80. The maximum Gasteiger partial charge on any atom is 0.326 e. The smallest absolute Gasteiger partial charge is 0.326 e. The molecule has 5 nitrogen and oxygen atoms in total. The van der Waals surface area contributed by atoms with Gasteiger partial charge in [-0.25, -0.2) is 4.90 Å². The molecule has 0 saturated carbocycles. The van der Waals surface area contributed by atoms with Gasteiger partial charge in [-0.05, 0) is 23.0 Å². The summed E-state index contributed by atoms with van der Waals surface area (Å²) in [6, 6.07) is 5.82. The highest BCUT2D eigenvalue weighted by Gasteiger charge is 2.64. The molecule has 0 radical (unpaired) electrons. The van der Waals surface area contributed by atoms with Crippen LogP contribution in [0.2, 0.25) is 0 Å². The third kappa shape index (κ3) is 2.64. The van der Waals surface area contributed by atoms with Gasteiger partial charge in [-0.3, -0.25) is 14.4 Å². The highest BCUT2D eigenvalue weighted by atomic mass is 16.5. The second-order valence-corrected chi connectivity index (χ2v) is 7.66. The molecule has 1 fully saturated rings. The van der Waals surface area contributed by atoms with Crippen molar-refractivity contribution >= 4 is 23.5 Å². The zero-order chi connectivity index (χ0) is 19.9. The molecule has 2 amide bonds. The van der Waals surface area contributed by atoms with E-state index in [1.54, 1.807) is 18.2 Å². The Balaban J connectivity index is 2.27. The summed E-state index contributed by atoms with van der Waals surface area (Å²) in [5.74, 6) is -2.30. The molecule has 3 rings (SSSR count). The molecule has 2 aliphatic rings. The van der Waals surface area contributed by atoms with Crippen LogP contribution in [-0.4, -0.2) is 24.9 Å². The van der Waals surface area contributed by atoms with Crippen LogP contribution in [0, 0.1) is 11.3 Å². The van der Waals surface area contributed by atoms with Crippen molar-refractivity contribution in [3.05, 3.63) is 53.6 Å². The first-order valence-electron chi connectivity index (χ1n) is 9.23. The van der Waals surface area contributed by atoms with Crippen molar-refractivity contribution in [3.8, 4) is 0 Å². The average Bonchev–Trinajstić information content (AvgIpc) is 2.88. The monoisotopic (exact) mass is 367 g/mol. The van der Waals surface area contributed by atoms with Crippen LogP contribution in [0.15, 0.2) is 42.5 Å². The number of allylic oxidation sites excluding steroid dienone is 2. The van der Waals surface area contributed by atoms with E-state index in [0.29, 0.717) is 5.69 Å². The second-order valence-electron chi connectivity index (χ2n) is 7.66. The zero-order valence-electron chi connectivity index (χ0n) is 16.4. The number of esters is 1. The average molecular weight is 367 g/mol. The fourth-order valence-corrected chi connectivity index (χ4v) is 3.98. The van der Waals surface area contributed by atoms with Gasteiger partial charge in [0.05, 0.1) is 18.7 Å². The number of anilines is 1. The summed E-state index contributed by atoms with van der Waals surface area (Å²) in [7, 11) is 1.24. The van der Waals surface area contributed by atoms with Gasteiger partial charge in [-0.15, -0.1) is 0 Å². The van der Waals surface area contributed by atoms with E-state index >= 15 is 0 Å². The highest BCUT2D eigenvalue weighted by molar-refractivity contribution is 6.31. The molecule has 5 heteroatoms. The first-order chi connectivity index (χ1) is 12.8. The molecule has 1 heterocycles. The Morgan fingerprint density at radius 2 is 1.67 bits per heavy atom. The summed E-state index contributed by atoms with van der Waals surface area (Å²) in [4.78, 5) is 40.7. The number of fused-ring (bicyclic) bond motifs is 1. The van der Waals surface area contributed by atoms with Gasteiger partial charge in [-0.2, -0.15) is 0 Å². The third-order valence-electron chi connectivity index (χ3n) is 5.40. The van der Waals surface area contributed by atoms with Crippen molar-refractivity contribution in [3.63, 3.8) is 0 Å². The molecule has 0 aromatic heterocycles. The van der Waals surface area contributed by atoms with Gasteiger partial charge in [0.15, 0.2) is 5.41 Å². The number of amides is 2. The lowest BCUT2D eigenvalue weighted by molar-refractivity contribution is -0.155. The molecular weight excluding hydrogens is 342 g/mol. The van der Waals surface area contributed by atoms with Gasteiger partial charge >= 0.3 is 5.97 Å². The lowest BCUT2D eigenvalue weighted by atomic mass is 9.74. The molecule has 1 aromatic rings. The number of benzene rings is 1. The number of rotatable bonds is 4. The molecule has 2 unspecified atom stereocenters. The van der Waals surface area contributed by atoms with E-state index in [9.17, 15) is 14.4 Å². The van der Waals surface area contributed by atoms with E-state index < -0.39 is 23.2 Å². The number of hydrogen-bond donors (Lipinski definition) is 0. The van der Waals surface area contributed by atoms with E-state index in [4.69, 9.17) is 4.74 Å². The molecular formula is C22H25NO4. The molecule has 0 spiro atoms. The van der Waals surface area contributed by atoms with Crippen molar-refractivity contribution in [1.82, 2.24) is 0 Å². The summed E-state index contributed by atoms with van der Waals surface area (Å²) in [6.45, 7) is 8.10. The molecule has 1 aliphatic heterocycles. The molecule has 1 aliphatic carbocycles. The minimum absolute atomic E-state index is 0.113. The molecule has 2 atom stereocenters. The van der Waals surface area contributed by atoms with Gasteiger partial charge in [0.2, 0.25) is 5.91 Å². The quantitative estimate of drug-likeness (QED) is 0.462. The normalized spacial score (nSPS) is 24.1. The summed E-state index contributed by atoms with van der Waals surface area (Å²) in [6.07, 6.45) is 6.43. The van der Waals surface area contributed by atoms with Crippen LogP contribution >= 0.6 is 0 Å². The summed E-state index contributed by atoms with van der Waals surface area (Å²) in [5, 5.41) is 0. The number of methoxy groups -OCH3 is 1. The zero-order valence-corrected chi connectivity index (χ0v) is 16.4. The third-order valence-corrected chi connectivity index (χ3v) is 5.40. The lowest BCUT2D eigenvalue weighted by Crippen LogP contribution is -2.43. The predicted octanol–water partition coefficient (Wildman–Crippen LogP) is 3.71. The van der Waals surface area contributed by atoms with Crippen molar-refractivity contribution in [1.29, 1.82) is 0 Å². The van der Waals surface area contributed by atoms with Crippen molar-refractivity contribution < 1.29 is 19.1 Å². The van der Waals surface area contributed by atoms with E-state index in [2.05, 4.69) is 0 Å². The number of nitrogens with zero attached hydrogens (tertiary/aromatic N) is 1. The standard InChI is InChI=1S/C22H25NO4/c1-13(2)15-9-8-10-16(14(3)4)18(15)23-19(24)17-11-6-7-12-22(17,20(23)25)21(26)27-5/h6-14,17H,1-5H3. The molecule has 0 bridgehead atoms. The van der Waals surface area contributed by atoms with Crippen LogP contribution in [0.5, 0.6) is 0 Å². The van der Waals surface area contributed by atoms with Crippen LogP contribution in [0.4, 0.5) is 5.69 Å². The fourth-order valence-electron chi connectivity index (χ4n) is 3.98. The number of imide groups is 1. The SMILES string of the molecule is COC(=O)C12C=CC=CC1C(=O)N(c1c(C(C)C)cccc1C(C)C)C2=O. The van der Waals surface area contributed by atoms with Crippen LogP contribution in [0.3, 0.4) is 0 Å². The van der Waals surface area contributed by atoms with Gasteiger partial charge in [0.1, 0.15) is 0 Å². The first kappa shape index (κ1) is 19.1. The Labute approximate surface area is 159 Å². The minimum Gasteiger partial charge on any atom is -0.468 e. The summed E-state index contributed by atoms with van der Waals surface area (Å²) < 4.78 is 4.93. The lowest BCUT2D eigenvalue weighted by Gasteiger charge is -2.27. The number of ether oxygens (including phenoxy) is 1. The minimum atomic E-state index is -1.63. The Morgan fingerprint density at radius 1 is 1.07 bits per heavy atom. The summed E-state index contributed by atoms with van der Waals surface area (Å²) >= 11 is 0. The van der Waals surface area contributed by atoms with E-state index in [1.807, 2.05) is 45.9 Å². The predicted molar refractivity (Wildman–Crippen MR) is 103 cm³/mol. The van der Waals surface area contributed by atoms with Crippen molar-refractivity contribution in [2.75, 3.05) is 12.0 Å². The van der Waals surface area contributed by atoms with E-state index in [0.717, 1.165) is 11.1 Å². The first-order valence-corrected chi connectivity index (χ1v) is 9.23. The van der Waals surface area contributed by atoms with E-state index in [1.165, 1.54) is 18.1 Å². The van der Waals surface area contributed by atoms with Gasteiger partial charge in [-0.1, -0.05) is 70.2 Å². The molecule has 1 saturated heterocycles. The van der Waals surface area contributed by atoms with Crippen LogP contribution < -0.4 is 4.90 Å². The number of hydrogen-bond acceptors (Lipinski definition) is 4. The van der Waals surface area contributed by atoms with Crippen LogP contribution in [-0.2, 0) is 19.1 Å². The van der Waals surface area contributed by atoms with Gasteiger partial charge in [0, 0.05) is 0 Å². The van der Waals surface area contributed by atoms with Crippen LogP contribution in [0.25, 0.3) is 0 Å². The highest BCUT2D eigenvalue weighted by Crippen LogP contribution is 2.48. The largest absolute Gasteiger partial charge is 0.468 e. The van der Waals surface area contributed by atoms with Gasteiger partial charge in [0.25, 0.3) is 5.91 Å². The Bertz CT molecular complexity index is 839. The fraction of sp³-hybridized carbons (Fsp3) is 0.409. The summed E-state index contributed by atoms with van der Waals surface area (Å²) in [5.41, 5.74) is 0.805. The Hall–Kier alpha value is -2.69. The molecule has 27 heavy (non-hydrogen) atoms. The van der Waals surface area contributed by atoms with E-state index in [-0.39, 0.29) is 17.7 Å². The number of carbonyl (C=O) groups excluding carboxylic acids is 3. The Kier molecular flexibility index (Phi) is 4.81. The number of carbonyl (C=O) groups is 3. The maximum absolute atomic E-state index is 13.5.